The van der Waals surface area contributed by atoms with Gasteiger partial charge in [0.1, 0.15) is 11.6 Å². The van der Waals surface area contributed by atoms with Gasteiger partial charge in [0, 0.05) is 33.8 Å². The third-order valence-electron chi connectivity index (χ3n) is 21.0. The van der Waals surface area contributed by atoms with Crippen LogP contribution in [-0.4, -0.2) is 11.1 Å². The molecule has 2 fully saturated rings. The molecule has 5 aliphatic rings. The summed E-state index contributed by atoms with van der Waals surface area (Å²) >= 11 is 0. The highest BCUT2D eigenvalue weighted by Gasteiger charge is 2.56. The fourth-order valence-corrected chi connectivity index (χ4v) is 16.7. The van der Waals surface area contributed by atoms with Crippen molar-refractivity contribution >= 4 is 44.3 Å². The van der Waals surface area contributed by atoms with Gasteiger partial charge in [-0.3, -0.25) is 0 Å². The highest BCUT2D eigenvalue weighted by atomic mass is 19.1. The zero-order chi connectivity index (χ0) is 53.5. The lowest BCUT2D eigenvalue weighted by Crippen LogP contribution is -2.60. The standard InChI is InChI=1S/C75H66F2N2/c1-71-39-13-15-41-73(71,3)78(59-31-27-57(76)28-32-59)67-37-25-49(43-53(67)47-71)51-23-35-63-65(45-51)61-21-11-12-22-62(61)69-64-36-24-52(46-66(64)75(70(63)69,55-17-7-5-8-18-55)56-19-9-6-10-20-56)50-26-38-68-54(44-50)48-72(2)40-14-16-42-74(72,4)79(68)60-33-29-58(77)30-34-60/h5-12,17-38,43-46H,13-16,39-42,47-48H2,1-4H3. The molecule has 2 heterocycles. The fourth-order valence-electron chi connectivity index (χ4n) is 16.7. The predicted molar refractivity (Wildman–Crippen MR) is 324 cm³/mol. The molecule has 0 saturated heterocycles. The molecule has 0 amide bonds. The van der Waals surface area contributed by atoms with Crippen LogP contribution in [0.15, 0.2) is 206 Å². The molecule has 15 rings (SSSR count). The molecule has 2 aliphatic heterocycles. The van der Waals surface area contributed by atoms with Crippen LogP contribution in [0, 0.1) is 22.5 Å². The molecule has 2 saturated carbocycles. The van der Waals surface area contributed by atoms with E-state index >= 15 is 0 Å². The lowest BCUT2D eigenvalue weighted by molar-refractivity contribution is 0.0863. The maximum absolute atomic E-state index is 14.5. The van der Waals surface area contributed by atoms with Crippen molar-refractivity contribution in [2.75, 3.05) is 9.80 Å². The van der Waals surface area contributed by atoms with Crippen molar-refractivity contribution < 1.29 is 8.78 Å². The van der Waals surface area contributed by atoms with Gasteiger partial charge in [-0.15, -0.1) is 0 Å². The van der Waals surface area contributed by atoms with Crippen LogP contribution in [0.25, 0.3) is 54.9 Å². The first kappa shape index (κ1) is 48.3. The highest BCUT2D eigenvalue weighted by molar-refractivity contribution is 6.20. The van der Waals surface area contributed by atoms with Gasteiger partial charge in [0.2, 0.25) is 0 Å². The van der Waals surface area contributed by atoms with E-state index in [4.69, 9.17) is 0 Å². The quantitative estimate of drug-likeness (QED) is 0.153. The van der Waals surface area contributed by atoms with Crippen LogP contribution in [-0.2, 0) is 18.3 Å². The first-order chi connectivity index (χ1) is 38.4. The molecular weight excluding hydrogens is 967 g/mol. The van der Waals surface area contributed by atoms with Gasteiger partial charge < -0.3 is 9.80 Å². The molecule has 10 aromatic carbocycles. The molecule has 2 nitrogen and oxygen atoms in total. The predicted octanol–water partition coefficient (Wildman–Crippen LogP) is 20.0. The molecule has 4 unspecified atom stereocenters. The Morgan fingerprint density at radius 2 is 0.823 bits per heavy atom. The Morgan fingerprint density at radius 1 is 0.380 bits per heavy atom. The van der Waals surface area contributed by atoms with Gasteiger partial charge in [0.15, 0.2) is 0 Å². The Morgan fingerprint density at radius 3 is 1.35 bits per heavy atom. The lowest BCUT2D eigenvalue weighted by atomic mass is 9.57. The molecule has 3 aliphatic carbocycles. The van der Waals surface area contributed by atoms with Crippen LogP contribution in [0.4, 0.5) is 31.5 Å². The van der Waals surface area contributed by atoms with E-state index in [1.807, 2.05) is 24.3 Å². The molecule has 0 radical (unpaired) electrons. The smallest absolute Gasteiger partial charge is 0.123 e. The number of anilines is 4. The molecule has 0 bridgehead atoms. The Labute approximate surface area is 464 Å². The van der Waals surface area contributed by atoms with Gasteiger partial charge in [-0.25, -0.2) is 8.78 Å². The van der Waals surface area contributed by atoms with Crippen molar-refractivity contribution in [2.45, 2.75) is 108 Å². The lowest BCUT2D eigenvalue weighted by Gasteiger charge is -2.60. The monoisotopic (exact) mass is 1030 g/mol. The number of rotatable bonds is 6. The van der Waals surface area contributed by atoms with E-state index < -0.39 is 5.41 Å². The first-order valence-corrected chi connectivity index (χ1v) is 29.0. The van der Waals surface area contributed by atoms with E-state index in [-0.39, 0.29) is 33.5 Å². The minimum atomic E-state index is -0.657. The van der Waals surface area contributed by atoms with E-state index in [9.17, 15) is 8.78 Å². The normalized spacial score (nSPS) is 23.6. The first-order valence-electron chi connectivity index (χ1n) is 29.0. The van der Waals surface area contributed by atoms with Crippen LogP contribution in [0.3, 0.4) is 0 Å². The molecule has 0 N–H and O–H groups in total. The van der Waals surface area contributed by atoms with Gasteiger partial charge in [-0.1, -0.05) is 161 Å². The Hall–Kier alpha value is -7.82. The second-order valence-corrected chi connectivity index (χ2v) is 25.0. The third-order valence-corrected chi connectivity index (χ3v) is 21.0. The van der Waals surface area contributed by atoms with E-state index in [1.54, 1.807) is 24.3 Å². The van der Waals surface area contributed by atoms with E-state index in [1.165, 1.54) is 125 Å². The van der Waals surface area contributed by atoms with E-state index in [2.05, 4.69) is 195 Å². The van der Waals surface area contributed by atoms with Gasteiger partial charge in [-0.2, -0.15) is 0 Å². The molecule has 10 aromatic rings. The molecule has 0 aromatic heterocycles. The van der Waals surface area contributed by atoms with E-state index in [0.717, 1.165) is 49.9 Å². The summed E-state index contributed by atoms with van der Waals surface area (Å²) in [6, 6.07) is 74.9. The number of halogens is 2. The summed E-state index contributed by atoms with van der Waals surface area (Å²) in [6.45, 7) is 9.90. The second-order valence-electron chi connectivity index (χ2n) is 25.0. The van der Waals surface area contributed by atoms with Crippen LogP contribution in [0.1, 0.15) is 112 Å². The molecular formula is C75H66F2N2. The molecule has 0 spiro atoms. The SMILES string of the molecule is CC12CCCCC1(C)N(c1ccc(F)cc1)c1ccc(-c3ccc4c(c3)C(c3ccccc3)(c3ccccc3)c3c-4c4ccccc4c4cc(-c5ccc6c(c5)CC5(C)CCCCC5(C)N6c5ccc(F)cc5)ccc34)cc1C2. The summed E-state index contributed by atoms with van der Waals surface area (Å²) in [5.41, 5.74) is 19.0. The summed E-state index contributed by atoms with van der Waals surface area (Å²) in [7, 11) is 0. The highest BCUT2D eigenvalue weighted by Crippen LogP contribution is 2.63. The number of hydrogen-bond donors (Lipinski definition) is 0. The van der Waals surface area contributed by atoms with Crippen LogP contribution >= 0.6 is 0 Å². The van der Waals surface area contributed by atoms with Crippen molar-refractivity contribution in [3.63, 3.8) is 0 Å². The van der Waals surface area contributed by atoms with Crippen LogP contribution < -0.4 is 9.80 Å². The van der Waals surface area contributed by atoms with Gasteiger partial charge >= 0.3 is 0 Å². The van der Waals surface area contributed by atoms with Gasteiger partial charge in [0.25, 0.3) is 0 Å². The Bertz CT molecular complexity index is 4030. The maximum Gasteiger partial charge on any atom is 0.123 e. The van der Waals surface area contributed by atoms with Crippen LogP contribution in [0.2, 0.25) is 0 Å². The summed E-state index contributed by atoms with van der Waals surface area (Å²) in [6.07, 6.45) is 11.4. The molecule has 4 atom stereocenters. The van der Waals surface area contributed by atoms with Crippen molar-refractivity contribution in [3.05, 3.63) is 251 Å². The number of hydrogen-bond acceptors (Lipinski definition) is 2. The molecule has 4 heteroatoms. The zero-order valence-corrected chi connectivity index (χ0v) is 45.9. The fraction of sp³-hybridized carbons (Fsp3) is 0.253. The maximum atomic E-state index is 14.5. The topological polar surface area (TPSA) is 6.48 Å². The van der Waals surface area contributed by atoms with Gasteiger partial charge in [0.05, 0.1) is 5.41 Å². The van der Waals surface area contributed by atoms with Gasteiger partial charge in [-0.05, 0) is 236 Å². The minimum absolute atomic E-state index is 0.0460. The average Bonchev–Trinajstić information content (AvgIpc) is 2.63. The van der Waals surface area contributed by atoms with Crippen molar-refractivity contribution in [1.82, 2.24) is 0 Å². The summed E-state index contributed by atoms with van der Waals surface area (Å²) < 4.78 is 29.0. The van der Waals surface area contributed by atoms with Crippen LogP contribution in [0.5, 0.6) is 0 Å². The largest absolute Gasteiger partial charge is 0.335 e. The summed E-state index contributed by atoms with van der Waals surface area (Å²) in [5.74, 6) is -0.409. The van der Waals surface area contributed by atoms with Crippen molar-refractivity contribution in [2.24, 2.45) is 10.8 Å². The van der Waals surface area contributed by atoms with E-state index in [0.29, 0.717) is 0 Å². The second kappa shape index (κ2) is 17.6. The number of nitrogens with zero attached hydrogens (tertiary/aromatic N) is 2. The zero-order valence-electron chi connectivity index (χ0n) is 45.9. The minimum Gasteiger partial charge on any atom is -0.335 e. The Balaban J connectivity index is 0.922. The molecule has 390 valence electrons. The number of fused-ring (bicyclic) bond motifs is 12. The number of benzene rings is 10. The summed E-state index contributed by atoms with van der Waals surface area (Å²) in [5, 5.41) is 5.01. The van der Waals surface area contributed by atoms with Crippen molar-refractivity contribution in [3.8, 4) is 33.4 Å². The third kappa shape index (κ3) is 6.92. The summed E-state index contributed by atoms with van der Waals surface area (Å²) in [4.78, 5) is 5.12. The average molecular weight is 1030 g/mol. The van der Waals surface area contributed by atoms with Crippen molar-refractivity contribution in [1.29, 1.82) is 0 Å². The molecule has 79 heavy (non-hydrogen) atoms. The Kier molecular flexibility index (Phi) is 10.8.